The van der Waals surface area contributed by atoms with Crippen LogP contribution in [0.4, 0.5) is 17.6 Å². The number of nitrogens with zero attached hydrogens (tertiary/aromatic N) is 8. The summed E-state index contributed by atoms with van der Waals surface area (Å²) in [4.78, 5) is 23.6. The number of fused-ring (bicyclic) bond motifs is 3. The molecule has 2 N–H and O–H groups in total. The topological polar surface area (TPSA) is 108 Å². The molecule has 2 bridgehead atoms. The van der Waals surface area contributed by atoms with Crippen LogP contribution in [-0.2, 0) is 6.54 Å². The minimum Gasteiger partial charge on any atom is -0.394 e. The van der Waals surface area contributed by atoms with Gasteiger partial charge in [0.05, 0.1) is 29.6 Å². The standard InChI is InChI=1S/C22H25N9OS/c1-13-5-20(28-22(25-13)31-12-15-6-16(31)11-29(15)2)27-19-7-17-18(9-23-19)33-21(26-17)14-8-24-30(10-14)3-4-32/h5,7-10,15-16,32H,3-4,6,11-12H2,1-2H3,(H,23,25,27,28)/t15-,16-/m0/s1. The molecule has 0 unspecified atom stereocenters. The number of hydrogen-bond acceptors (Lipinski definition) is 10. The first-order chi connectivity index (χ1) is 16.1. The van der Waals surface area contributed by atoms with Gasteiger partial charge in [0.25, 0.3) is 0 Å². The van der Waals surface area contributed by atoms with Crippen molar-refractivity contribution in [2.45, 2.75) is 32.0 Å². The van der Waals surface area contributed by atoms with E-state index in [1.54, 1.807) is 22.2 Å². The summed E-state index contributed by atoms with van der Waals surface area (Å²) in [6, 6.07) is 4.96. The molecule has 6 rings (SSSR count). The number of likely N-dealkylation sites (N-methyl/N-ethyl adjacent to an activating group) is 1. The van der Waals surface area contributed by atoms with Crippen LogP contribution < -0.4 is 10.2 Å². The van der Waals surface area contributed by atoms with Crippen molar-refractivity contribution in [3.05, 3.63) is 36.4 Å². The number of anilines is 3. The molecule has 2 atom stereocenters. The predicted molar refractivity (Wildman–Crippen MR) is 128 cm³/mol. The second kappa shape index (κ2) is 8.01. The molecular formula is C22H25N9OS. The van der Waals surface area contributed by atoms with Gasteiger partial charge in [-0.3, -0.25) is 9.58 Å². The molecule has 0 saturated carbocycles. The van der Waals surface area contributed by atoms with Crippen LogP contribution >= 0.6 is 11.3 Å². The van der Waals surface area contributed by atoms with Crippen LogP contribution in [0.25, 0.3) is 20.8 Å². The molecule has 170 valence electrons. The van der Waals surface area contributed by atoms with Crippen molar-refractivity contribution in [1.29, 1.82) is 0 Å². The number of thiazole rings is 1. The Morgan fingerprint density at radius 3 is 2.82 bits per heavy atom. The smallest absolute Gasteiger partial charge is 0.227 e. The number of likely N-dealkylation sites (tertiary alicyclic amines) is 1. The third-order valence-corrected chi connectivity index (χ3v) is 7.41. The molecule has 11 heteroatoms. The van der Waals surface area contributed by atoms with E-state index in [2.05, 4.69) is 32.2 Å². The largest absolute Gasteiger partial charge is 0.394 e. The van der Waals surface area contributed by atoms with Crippen LogP contribution in [0.1, 0.15) is 12.1 Å². The lowest BCUT2D eigenvalue weighted by atomic mass is 10.2. The van der Waals surface area contributed by atoms with Crippen LogP contribution in [0.3, 0.4) is 0 Å². The van der Waals surface area contributed by atoms with Crippen LogP contribution in [0.2, 0.25) is 0 Å². The molecule has 2 aliphatic heterocycles. The summed E-state index contributed by atoms with van der Waals surface area (Å²) in [5, 5.41) is 17.6. The van der Waals surface area contributed by atoms with Gasteiger partial charge in [-0.1, -0.05) is 0 Å². The first-order valence-electron chi connectivity index (χ1n) is 11.1. The molecule has 2 saturated heterocycles. The summed E-state index contributed by atoms with van der Waals surface area (Å²) in [6.45, 7) is 4.56. The zero-order valence-corrected chi connectivity index (χ0v) is 19.3. The van der Waals surface area contributed by atoms with E-state index in [9.17, 15) is 0 Å². The molecule has 10 nitrogen and oxygen atoms in total. The SMILES string of the molecule is Cc1cc(Nc2cc3nc(-c4cnn(CCO)c4)sc3cn2)nc(N2C[C@@H]3C[C@H]2CN3C)n1. The van der Waals surface area contributed by atoms with E-state index < -0.39 is 0 Å². The predicted octanol–water partition coefficient (Wildman–Crippen LogP) is 2.28. The molecule has 2 aliphatic rings. The molecule has 0 aromatic carbocycles. The fraction of sp³-hybridized carbons (Fsp3) is 0.409. The van der Waals surface area contributed by atoms with Crippen molar-refractivity contribution in [2.24, 2.45) is 0 Å². The number of rotatable bonds is 6. The van der Waals surface area contributed by atoms with Crippen molar-refractivity contribution in [2.75, 3.05) is 37.0 Å². The molecule has 0 radical (unpaired) electrons. The fourth-order valence-corrected chi connectivity index (χ4v) is 5.60. The summed E-state index contributed by atoms with van der Waals surface area (Å²) >= 11 is 1.57. The first kappa shape index (κ1) is 20.5. The van der Waals surface area contributed by atoms with Gasteiger partial charge in [-0.15, -0.1) is 11.3 Å². The quantitative estimate of drug-likeness (QED) is 0.445. The summed E-state index contributed by atoms with van der Waals surface area (Å²) in [5.74, 6) is 2.22. The second-order valence-corrected chi connectivity index (χ2v) is 9.76. The lowest BCUT2D eigenvalue weighted by molar-refractivity contribution is 0.269. The van der Waals surface area contributed by atoms with Gasteiger partial charge < -0.3 is 15.3 Å². The van der Waals surface area contributed by atoms with Crippen LogP contribution in [0.5, 0.6) is 0 Å². The summed E-state index contributed by atoms with van der Waals surface area (Å²) in [7, 11) is 2.19. The fourth-order valence-electron chi connectivity index (χ4n) is 4.71. The Morgan fingerprint density at radius 2 is 2.03 bits per heavy atom. The Balaban J connectivity index is 1.24. The Labute approximate surface area is 194 Å². The number of aromatic nitrogens is 6. The molecule has 0 aliphatic carbocycles. The van der Waals surface area contributed by atoms with E-state index in [-0.39, 0.29) is 6.61 Å². The van der Waals surface area contributed by atoms with Crippen LogP contribution in [0.15, 0.2) is 30.7 Å². The molecule has 4 aromatic rings. The summed E-state index contributed by atoms with van der Waals surface area (Å²) in [5.41, 5.74) is 2.73. The molecule has 0 amide bonds. The zero-order valence-electron chi connectivity index (χ0n) is 18.5. The summed E-state index contributed by atoms with van der Waals surface area (Å²) in [6.07, 6.45) is 6.68. The van der Waals surface area contributed by atoms with E-state index in [1.807, 2.05) is 31.5 Å². The molecule has 4 aromatic heterocycles. The highest BCUT2D eigenvalue weighted by Crippen LogP contribution is 2.33. The minimum atomic E-state index is 0.0557. The maximum atomic E-state index is 9.10. The van der Waals surface area contributed by atoms with Crippen molar-refractivity contribution in [1.82, 2.24) is 34.6 Å². The first-order valence-corrected chi connectivity index (χ1v) is 11.9. The molecule has 33 heavy (non-hydrogen) atoms. The van der Waals surface area contributed by atoms with Gasteiger partial charge >= 0.3 is 0 Å². The van der Waals surface area contributed by atoms with Crippen molar-refractivity contribution in [3.8, 4) is 10.6 Å². The van der Waals surface area contributed by atoms with Gasteiger partial charge in [0.2, 0.25) is 5.95 Å². The summed E-state index contributed by atoms with van der Waals surface area (Å²) < 4.78 is 2.72. The van der Waals surface area contributed by atoms with Gasteiger partial charge in [-0.25, -0.2) is 15.0 Å². The van der Waals surface area contributed by atoms with Gasteiger partial charge in [-0.05, 0) is 20.4 Å². The van der Waals surface area contributed by atoms with E-state index in [0.29, 0.717) is 24.4 Å². The molecule has 0 spiro atoms. The number of nitrogens with one attached hydrogen (secondary N) is 1. The Bertz CT molecular complexity index is 1320. The van der Waals surface area contributed by atoms with Crippen molar-refractivity contribution < 1.29 is 5.11 Å². The van der Waals surface area contributed by atoms with E-state index in [0.717, 1.165) is 51.3 Å². The van der Waals surface area contributed by atoms with Gasteiger partial charge in [-0.2, -0.15) is 10.1 Å². The van der Waals surface area contributed by atoms with Crippen molar-refractivity contribution >= 4 is 39.1 Å². The maximum absolute atomic E-state index is 9.10. The van der Waals surface area contributed by atoms with Crippen molar-refractivity contribution in [3.63, 3.8) is 0 Å². The average molecular weight is 464 g/mol. The number of piperazine rings is 1. The highest BCUT2D eigenvalue weighted by Gasteiger charge is 2.42. The van der Waals surface area contributed by atoms with Crippen LogP contribution in [0, 0.1) is 6.92 Å². The maximum Gasteiger partial charge on any atom is 0.227 e. The number of hydrogen-bond donors (Lipinski definition) is 2. The monoisotopic (exact) mass is 463 g/mol. The third kappa shape index (κ3) is 3.81. The van der Waals surface area contributed by atoms with E-state index in [4.69, 9.17) is 20.1 Å². The average Bonchev–Trinajstić information content (AvgIpc) is 3.56. The van der Waals surface area contributed by atoms with E-state index >= 15 is 0 Å². The number of pyridine rings is 1. The van der Waals surface area contributed by atoms with E-state index in [1.165, 1.54) is 6.42 Å². The number of aliphatic hydroxyl groups is 1. The normalized spacial score (nSPS) is 20.3. The second-order valence-electron chi connectivity index (χ2n) is 8.73. The highest BCUT2D eigenvalue weighted by atomic mass is 32.1. The van der Waals surface area contributed by atoms with Gasteiger partial charge in [0, 0.05) is 61.0 Å². The molecule has 2 fully saturated rings. The lowest BCUT2D eigenvalue weighted by Gasteiger charge is -2.32. The third-order valence-electron chi connectivity index (χ3n) is 6.35. The molecular weight excluding hydrogens is 438 g/mol. The number of aryl methyl sites for hydroxylation is 1. The lowest BCUT2D eigenvalue weighted by Crippen LogP contribution is -2.45. The van der Waals surface area contributed by atoms with Gasteiger partial charge in [0.1, 0.15) is 16.6 Å². The van der Waals surface area contributed by atoms with Gasteiger partial charge in [0.15, 0.2) is 0 Å². The highest BCUT2D eigenvalue weighted by molar-refractivity contribution is 7.21. The zero-order chi connectivity index (χ0) is 22.5. The number of aliphatic hydroxyl groups excluding tert-OH is 1. The Kier molecular flexibility index (Phi) is 4.97. The Hall–Kier alpha value is -3.15. The Morgan fingerprint density at radius 1 is 1.12 bits per heavy atom. The van der Waals surface area contributed by atoms with Crippen LogP contribution in [-0.4, -0.2) is 78.6 Å². The molecule has 6 heterocycles. The minimum absolute atomic E-state index is 0.0557.